The molecule has 0 aliphatic carbocycles. The number of aromatic nitrogens is 4. The molecule has 0 saturated carbocycles. The molecule has 0 radical (unpaired) electrons. The van der Waals surface area contributed by atoms with Crippen LogP contribution in [-0.4, -0.2) is 64.7 Å². The Morgan fingerprint density at radius 2 is 2.08 bits per heavy atom. The van der Waals surface area contributed by atoms with Gasteiger partial charge in [-0.15, -0.1) is 0 Å². The summed E-state index contributed by atoms with van der Waals surface area (Å²) in [6.45, 7) is 1.06. The summed E-state index contributed by atoms with van der Waals surface area (Å²) in [4.78, 5) is 41.6. The number of aromatic amines is 1. The van der Waals surface area contributed by atoms with Gasteiger partial charge in [-0.3, -0.25) is 9.59 Å². The number of para-hydroxylation sites is 1. The van der Waals surface area contributed by atoms with Gasteiger partial charge in [-0.1, -0.05) is 31.0 Å². The minimum absolute atomic E-state index is 0.118. The predicted molar refractivity (Wildman–Crippen MR) is 141 cm³/mol. The molecule has 5 rings (SSSR count). The molecule has 1 aliphatic rings. The lowest BCUT2D eigenvalue weighted by Crippen LogP contribution is -2.44. The summed E-state index contributed by atoms with van der Waals surface area (Å²) in [5, 5.41) is 4.05. The van der Waals surface area contributed by atoms with Crippen LogP contribution in [-0.2, 0) is 14.3 Å². The maximum absolute atomic E-state index is 13.0. The number of pyridine rings is 1. The van der Waals surface area contributed by atoms with Crippen molar-refractivity contribution in [3.05, 3.63) is 60.7 Å². The maximum Gasteiger partial charge on any atom is 0.263 e. The molecule has 11 heteroatoms. The molecule has 3 aromatic heterocycles. The van der Waals surface area contributed by atoms with Gasteiger partial charge in [0.05, 0.1) is 62.1 Å². The fourth-order valence-corrected chi connectivity index (χ4v) is 4.56. The number of amides is 1. The first-order chi connectivity index (χ1) is 19.1. The summed E-state index contributed by atoms with van der Waals surface area (Å²) in [5.74, 6) is 0.861. The molecule has 1 saturated heterocycles. The average Bonchev–Trinajstić information content (AvgIpc) is 3.69. The van der Waals surface area contributed by atoms with E-state index in [1.807, 2.05) is 30.3 Å². The van der Waals surface area contributed by atoms with Crippen LogP contribution in [0.4, 0.5) is 0 Å². The molecule has 204 valence electrons. The van der Waals surface area contributed by atoms with Crippen molar-refractivity contribution in [3.63, 3.8) is 0 Å². The fourth-order valence-electron chi connectivity index (χ4n) is 4.56. The van der Waals surface area contributed by atoms with Gasteiger partial charge < -0.3 is 28.9 Å². The molecule has 0 bridgehead atoms. The van der Waals surface area contributed by atoms with Gasteiger partial charge in [-0.25, -0.2) is 15.0 Å². The van der Waals surface area contributed by atoms with Crippen LogP contribution in [0, 0.1) is 0 Å². The van der Waals surface area contributed by atoms with Crippen LogP contribution in [0.5, 0.6) is 5.88 Å². The SMILES string of the molecule is COc1nc2ccccc2cc1-c1cnc(C(CCCCCC(=O)c2ncco2)NC(=O)C2COCCO2)[nH]1. The van der Waals surface area contributed by atoms with Crippen molar-refractivity contribution in [1.29, 1.82) is 0 Å². The largest absolute Gasteiger partial charge is 0.480 e. The lowest BCUT2D eigenvalue weighted by Gasteiger charge is -2.25. The Morgan fingerprint density at radius 3 is 2.87 bits per heavy atom. The number of ether oxygens (including phenoxy) is 3. The molecule has 39 heavy (non-hydrogen) atoms. The highest BCUT2D eigenvalue weighted by Gasteiger charge is 2.27. The molecule has 4 heterocycles. The van der Waals surface area contributed by atoms with Gasteiger partial charge in [0.25, 0.3) is 11.8 Å². The zero-order chi connectivity index (χ0) is 27.0. The Balaban J connectivity index is 1.29. The predicted octanol–water partition coefficient (Wildman–Crippen LogP) is 4.03. The van der Waals surface area contributed by atoms with E-state index < -0.39 is 12.1 Å². The topological polar surface area (TPSA) is 141 Å². The van der Waals surface area contributed by atoms with Crippen molar-refractivity contribution in [2.45, 2.75) is 44.2 Å². The number of ketones is 1. The highest BCUT2D eigenvalue weighted by molar-refractivity contribution is 5.91. The molecular formula is C28H31N5O6. The Bertz CT molecular complexity index is 1400. The third-order valence-electron chi connectivity index (χ3n) is 6.59. The van der Waals surface area contributed by atoms with Crippen molar-refractivity contribution in [1.82, 2.24) is 25.3 Å². The lowest BCUT2D eigenvalue weighted by atomic mass is 10.0. The van der Waals surface area contributed by atoms with Gasteiger partial charge in [-0.2, -0.15) is 0 Å². The smallest absolute Gasteiger partial charge is 0.263 e. The van der Waals surface area contributed by atoms with Gasteiger partial charge in [0.15, 0.2) is 6.10 Å². The zero-order valence-electron chi connectivity index (χ0n) is 21.7. The third kappa shape index (κ3) is 6.50. The summed E-state index contributed by atoms with van der Waals surface area (Å²) in [6.07, 6.45) is 7.12. The molecule has 0 spiro atoms. The molecule has 2 atom stereocenters. The second-order valence-corrected chi connectivity index (χ2v) is 9.28. The molecule has 4 aromatic rings. The summed E-state index contributed by atoms with van der Waals surface area (Å²) in [5.41, 5.74) is 2.33. The number of nitrogens with zero attached hydrogens (tertiary/aromatic N) is 3. The van der Waals surface area contributed by atoms with Gasteiger partial charge in [-0.05, 0) is 25.0 Å². The van der Waals surface area contributed by atoms with Crippen molar-refractivity contribution < 1.29 is 28.2 Å². The summed E-state index contributed by atoms with van der Waals surface area (Å²) in [6, 6.07) is 9.43. The van der Waals surface area contributed by atoms with E-state index in [0.29, 0.717) is 44.2 Å². The van der Waals surface area contributed by atoms with E-state index in [2.05, 4.69) is 25.3 Å². The van der Waals surface area contributed by atoms with E-state index >= 15 is 0 Å². The van der Waals surface area contributed by atoms with E-state index in [4.69, 9.17) is 18.6 Å². The first-order valence-corrected chi connectivity index (χ1v) is 13.0. The number of carbonyl (C=O) groups excluding carboxylic acids is 2. The minimum Gasteiger partial charge on any atom is -0.480 e. The highest BCUT2D eigenvalue weighted by Crippen LogP contribution is 2.31. The summed E-state index contributed by atoms with van der Waals surface area (Å²) >= 11 is 0. The van der Waals surface area contributed by atoms with E-state index in [0.717, 1.165) is 35.0 Å². The van der Waals surface area contributed by atoms with Crippen molar-refractivity contribution >= 4 is 22.6 Å². The molecule has 2 N–H and O–H groups in total. The molecule has 1 aliphatic heterocycles. The van der Waals surface area contributed by atoms with Crippen molar-refractivity contribution in [2.75, 3.05) is 26.9 Å². The summed E-state index contributed by atoms with van der Waals surface area (Å²) < 4.78 is 21.6. The summed E-state index contributed by atoms with van der Waals surface area (Å²) in [7, 11) is 1.58. The van der Waals surface area contributed by atoms with E-state index in [9.17, 15) is 9.59 Å². The molecule has 2 unspecified atom stereocenters. The van der Waals surface area contributed by atoms with Crippen LogP contribution in [0.2, 0.25) is 0 Å². The first-order valence-electron chi connectivity index (χ1n) is 13.0. The van der Waals surface area contributed by atoms with Crippen molar-refractivity contribution in [3.8, 4) is 17.1 Å². The van der Waals surface area contributed by atoms with Gasteiger partial charge in [0, 0.05) is 11.8 Å². The van der Waals surface area contributed by atoms with E-state index in [1.165, 1.54) is 12.5 Å². The van der Waals surface area contributed by atoms with Crippen LogP contribution in [0.1, 0.15) is 54.7 Å². The standard InChI is InChI=1S/C28H31N5O6/c1-36-27-19(15-18-7-5-6-8-20(18)33-27)22-16-30-25(31-22)21(32-26(35)24-17-37-13-14-38-24)9-3-2-4-10-23(34)28-29-11-12-39-28/h5-8,11-12,15-16,21,24H,2-4,9-10,13-14,17H2,1H3,(H,30,31)(H,32,35). The van der Waals surface area contributed by atoms with Gasteiger partial charge >= 0.3 is 0 Å². The first kappa shape index (κ1) is 26.5. The number of oxazole rings is 1. The lowest BCUT2D eigenvalue weighted by molar-refractivity contribution is -0.148. The zero-order valence-corrected chi connectivity index (χ0v) is 21.7. The van der Waals surface area contributed by atoms with Gasteiger partial charge in [0.2, 0.25) is 11.7 Å². The van der Waals surface area contributed by atoms with Crippen molar-refractivity contribution in [2.24, 2.45) is 0 Å². The molecule has 1 aromatic carbocycles. The molecule has 1 amide bonds. The second-order valence-electron chi connectivity index (χ2n) is 9.28. The Morgan fingerprint density at radius 1 is 1.18 bits per heavy atom. The number of unbranched alkanes of at least 4 members (excludes halogenated alkanes) is 2. The second kappa shape index (κ2) is 12.6. The Labute approximate surface area is 225 Å². The molecule has 11 nitrogen and oxygen atoms in total. The average molecular weight is 534 g/mol. The van der Waals surface area contributed by atoms with Gasteiger partial charge in [0.1, 0.15) is 12.1 Å². The number of imidazole rings is 1. The van der Waals surface area contributed by atoms with Crippen LogP contribution in [0.15, 0.2) is 53.4 Å². The number of Topliss-reactive ketones (excluding diaryl/α,β-unsaturated/α-hetero) is 1. The number of nitrogens with one attached hydrogen (secondary N) is 2. The highest BCUT2D eigenvalue weighted by atomic mass is 16.6. The minimum atomic E-state index is -0.668. The third-order valence-corrected chi connectivity index (χ3v) is 6.59. The quantitative estimate of drug-likeness (QED) is 0.204. The monoisotopic (exact) mass is 533 g/mol. The maximum atomic E-state index is 13.0. The van der Waals surface area contributed by atoms with Crippen LogP contribution >= 0.6 is 0 Å². The Hall–Kier alpha value is -4.09. The van der Waals surface area contributed by atoms with E-state index in [1.54, 1.807) is 13.3 Å². The number of fused-ring (bicyclic) bond motifs is 1. The Kier molecular flexibility index (Phi) is 8.59. The fraction of sp³-hybridized carbons (Fsp3) is 0.393. The van der Waals surface area contributed by atoms with E-state index in [-0.39, 0.29) is 24.2 Å². The molecular weight excluding hydrogens is 502 g/mol. The normalized spacial score (nSPS) is 16.2. The number of benzene rings is 1. The number of hydrogen-bond acceptors (Lipinski definition) is 9. The van der Waals surface area contributed by atoms with Crippen LogP contribution in [0.3, 0.4) is 0 Å². The number of carbonyl (C=O) groups is 2. The van der Waals surface area contributed by atoms with Crippen LogP contribution < -0.4 is 10.1 Å². The number of hydrogen-bond donors (Lipinski definition) is 2. The number of rotatable bonds is 12. The number of methoxy groups -OCH3 is 1. The molecule has 1 fully saturated rings. The van der Waals surface area contributed by atoms with Crippen LogP contribution in [0.25, 0.3) is 22.2 Å². The number of H-pyrrole nitrogens is 1.